The van der Waals surface area contributed by atoms with Gasteiger partial charge in [0.2, 0.25) is 5.78 Å². The lowest BCUT2D eigenvalue weighted by Gasteiger charge is -2.13. The van der Waals surface area contributed by atoms with Gasteiger partial charge in [-0.2, -0.15) is 0 Å². The van der Waals surface area contributed by atoms with Gasteiger partial charge in [-0.05, 0) is 51.3 Å². The third-order valence-corrected chi connectivity index (χ3v) is 4.44. The molecule has 0 saturated carbocycles. The molecule has 1 heterocycles. The predicted octanol–water partition coefficient (Wildman–Crippen LogP) is 3.47. The van der Waals surface area contributed by atoms with Crippen LogP contribution in [-0.2, 0) is 20.7 Å². The van der Waals surface area contributed by atoms with Crippen LogP contribution in [0, 0.1) is 20.8 Å². The second-order valence-corrected chi connectivity index (χ2v) is 6.45. The Balaban J connectivity index is 2.11. The van der Waals surface area contributed by atoms with Crippen LogP contribution in [-0.4, -0.2) is 35.4 Å². The van der Waals surface area contributed by atoms with Crippen molar-refractivity contribution in [3.05, 3.63) is 57.9 Å². The van der Waals surface area contributed by atoms with Gasteiger partial charge >= 0.3 is 11.9 Å². The first-order valence-corrected chi connectivity index (χ1v) is 8.90. The fourth-order valence-electron chi connectivity index (χ4n) is 2.97. The summed E-state index contributed by atoms with van der Waals surface area (Å²) < 4.78 is 10.3. The van der Waals surface area contributed by atoms with Crippen molar-refractivity contribution in [2.75, 3.05) is 6.61 Å². The molecule has 27 heavy (non-hydrogen) atoms. The number of carbonyl (C=O) groups excluding carboxylic acids is 3. The van der Waals surface area contributed by atoms with E-state index in [2.05, 4.69) is 4.98 Å². The van der Waals surface area contributed by atoms with Crippen LogP contribution in [0.15, 0.2) is 24.3 Å². The fourth-order valence-corrected chi connectivity index (χ4v) is 2.97. The van der Waals surface area contributed by atoms with Gasteiger partial charge in [-0.1, -0.05) is 24.3 Å². The smallest absolute Gasteiger partial charge is 0.340 e. The van der Waals surface area contributed by atoms with Crippen LogP contribution in [0.2, 0.25) is 0 Å². The number of aromatic amines is 1. The van der Waals surface area contributed by atoms with Crippen LogP contribution >= 0.6 is 0 Å². The average Bonchev–Trinajstić information content (AvgIpc) is 2.90. The molecule has 0 aliphatic heterocycles. The summed E-state index contributed by atoms with van der Waals surface area (Å²) in [6.45, 7) is 8.78. The second kappa shape index (κ2) is 8.66. The Morgan fingerprint density at radius 1 is 1.11 bits per heavy atom. The molecule has 2 aromatic rings. The van der Waals surface area contributed by atoms with Crippen LogP contribution in [0.5, 0.6) is 0 Å². The lowest BCUT2D eigenvalue weighted by molar-refractivity contribution is -0.145. The third kappa shape index (κ3) is 4.64. The predicted molar refractivity (Wildman–Crippen MR) is 101 cm³/mol. The molecule has 0 aliphatic carbocycles. The zero-order valence-electron chi connectivity index (χ0n) is 16.3. The van der Waals surface area contributed by atoms with E-state index in [1.165, 1.54) is 6.92 Å². The van der Waals surface area contributed by atoms with Gasteiger partial charge in [0.05, 0.1) is 24.3 Å². The highest BCUT2D eigenvalue weighted by atomic mass is 16.5. The molecule has 144 valence electrons. The molecule has 0 bridgehead atoms. The molecule has 2 rings (SSSR count). The molecule has 0 unspecified atom stereocenters. The first kappa shape index (κ1) is 20.4. The van der Waals surface area contributed by atoms with Crippen molar-refractivity contribution in [1.29, 1.82) is 0 Å². The lowest BCUT2D eigenvalue weighted by Crippen LogP contribution is -2.26. The third-order valence-electron chi connectivity index (χ3n) is 4.44. The lowest BCUT2D eigenvalue weighted by atomic mass is 10.1. The summed E-state index contributed by atoms with van der Waals surface area (Å²) in [6, 6.07) is 7.52. The van der Waals surface area contributed by atoms with Crippen LogP contribution < -0.4 is 0 Å². The van der Waals surface area contributed by atoms with Gasteiger partial charge in [-0.25, -0.2) is 4.79 Å². The minimum atomic E-state index is -0.965. The summed E-state index contributed by atoms with van der Waals surface area (Å²) in [7, 11) is 0. The van der Waals surface area contributed by atoms with Crippen molar-refractivity contribution >= 4 is 17.7 Å². The van der Waals surface area contributed by atoms with E-state index in [1.54, 1.807) is 20.8 Å². The number of hydrogen-bond donors (Lipinski definition) is 1. The number of hydrogen-bond acceptors (Lipinski definition) is 5. The number of ether oxygens (including phenoxy) is 2. The number of ketones is 1. The van der Waals surface area contributed by atoms with Crippen LogP contribution in [0.1, 0.15) is 57.1 Å². The Labute approximate surface area is 158 Å². The van der Waals surface area contributed by atoms with E-state index in [9.17, 15) is 14.4 Å². The van der Waals surface area contributed by atoms with Crippen molar-refractivity contribution < 1.29 is 23.9 Å². The number of rotatable bonds is 7. The molecular formula is C21H25NO5. The van der Waals surface area contributed by atoms with E-state index in [-0.39, 0.29) is 24.5 Å². The van der Waals surface area contributed by atoms with Crippen molar-refractivity contribution in [3.8, 4) is 0 Å². The van der Waals surface area contributed by atoms with E-state index in [1.807, 2.05) is 31.2 Å². The van der Waals surface area contributed by atoms with Gasteiger partial charge in [-0.3, -0.25) is 9.59 Å². The SMILES string of the molecule is CCOC(=O)c1c(C)[nH]c(C(=O)[C@@H](C)OC(=O)Cc2ccccc2C)c1C. The zero-order valence-corrected chi connectivity index (χ0v) is 16.3. The average molecular weight is 371 g/mol. The maximum absolute atomic E-state index is 12.7. The first-order chi connectivity index (χ1) is 12.8. The monoisotopic (exact) mass is 371 g/mol. The van der Waals surface area contributed by atoms with Crippen molar-refractivity contribution in [2.45, 2.75) is 47.1 Å². The molecule has 1 aromatic heterocycles. The Morgan fingerprint density at radius 2 is 1.78 bits per heavy atom. The van der Waals surface area contributed by atoms with Gasteiger partial charge in [0.1, 0.15) is 0 Å². The minimum Gasteiger partial charge on any atom is -0.462 e. The molecule has 1 aromatic carbocycles. The van der Waals surface area contributed by atoms with E-state index in [4.69, 9.17) is 9.47 Å². The van der Waals surface area contributed by atoms with E-state index < -0.39 is 18.0 Å². The summed E-state index contributed by atoms with van der Waals surface area (Å²) in [5.74, 6) is -1.34. The number of Topliss-reactive ketones (excluding diaryl/α,β-unsaturated/α-hetero) is 1. The molecule has 0 amide bonds. The van der Waals surface area contributed by atoms with Gasteiger partial charge < -0.3 is 14.5 Å². The van der Waals surface area contributed by atoms with Crippen LogP contribution in [0.4, 0.5) is 0 Å². The second-order valence-electron chi connectivity index (χ2n) is 6.45. The van der Waals surface area contributed by atoms with Gasteiger partial charge in [0.25, 0.3) is 0 Å². The van der Waals surface area contributed by atoms with Gasteiger partial charge in [0.15, 0.2) is 6.10 Å². The number of H-pyrrole nitrogens is 1. The maximum atomic E-state index is 12.7. The first-order valence-electron chi connectivity index (χ1n) is 8.90. The van der Waals surface area contributed by atoms with E-state index in [0.29, 0.717) is 16.8 Å². The Morgan fingerprint density at radius 3 is 2.41 bits per heavy atom. The zero-order chi connectivity index (χ0) is 20.1. The highest BCUT2D eigenvalue weighted by Gasteiger charge is 2.27. The number of aryl methyl sites for hydroxylation is 2. The number of benzene rings is 1. The summed E-state index contributed by atoms with van der Waals surface area (Å²) in [6.07, 6.45) is -0.866. The maximum Gasteiger partial charge on any atom is 0.340 e. The molecule has 6 heteroatoms. The molecule has 0 radical (unpaired) electrons. The normalized spacial score (nSPS) is 11.7. The van der Waals surface area contributed by atoms with Crippen molar-refractivity contribution in [3.63, 3.8) is 0 Å². The highest BCUT2D eigenvalue weighted by molar-refractivity contribution is 6.04. The van der Waals surface area contributed by atoms with Crippen molar-refractivity contribution in [2.24, 2.45) is 0 Å². The van der Waals surface area contributed by atoms with Gasteiger partial charge in [-0.15, -0.1) is 0 Å². The molecule has 6 nitrogen and oxygen atoms in total. The van der Waals surface area contributed by atoms with Crippen LogP contribution in [0.3, 0.4) is 0 Å². The Kier molecular flexibility index (Phi) is 6.55. The molecule has 0 fully saturated rings. The fraction of sp³-hybridized carbons (Fsp3) is 0.381. The quantitative estimate of drug-likeness (QED) is 0.595. The topological polar surface area (TPSA) is 85.5 Å². The van der Waals surface area contributed by atoms with Crippen molar-refractivity contribution in [1.82, 2.24) is 4.98 Å². The van der Waals surface area contributed by atoms with E-state index in [0.717, 1.165) is 11.1 Å². The Hall–Kier alpha value is -2.89. The molecular weight excluding hydrogens is 346 g/mol. The summed E-state index contributed by atoms with van der Waals surface area (Å²) in [5.41, 5.74) is 3.50. The van der Waals surface area contributed by atoms with Gasteiger partial charge in [0, 0.05) is 5.69 Å². The number of nitrogens with one attached hydrogen (secondary N) is 1. The molecule has 0 saturated heterocycles. The van der Waals surface area contributed by atoms with E-state index >= 15 is 0 Å². The highest BCUT2D eigenvalue weighted by Crippen LogP contribution is 2.21. The molecule has 1 N–H and O–H groups in total. The largest absolute Gasteiger partial charge is 0.462 e. The molecule has 0 aliphatic rings. The number of aromatic nitrogens is 1. The van der Waals surface area contributed by atoms with Crippen LogP contribution in [0.25, 0.3) is 0 Å². The number of carbonyl (C=O) groups is 3. The molecule has 0 spiro atoms. The number of esters is 2. The summed E-state index contributed by atoms with van der Waals surface area (Å²) in [5, 5.41) is 0. The standard InChI is InChI=1S/C21H25NO5/c1-6-26-21(25)18-13(3)19(22-14(18)4)20(24)15(5)27-17(23)11-16-10-8-7-9-12(16)2/h7-10,15,22H,6,11H2,1-5H3/t15-/m1/s1. The molecule has 1 atom stereocenters. The Bertz CT molecular complexity index is 865. The summed E-state index contributed by atoms with van der Waals surface area (Å²) >= 11 is 0. The minimum absolute atomic E-state index is 0.0983. The summed E-state index contributed by atoms with van der Waals surface area (Å²) in [4.78, 5) is 39.9.